The number of benzene rings is 2. The van der Waals surface area contributed by atoms with E-state index in [2.05, 4.69) is 5.32 Å². The largest absolute Gasteiger partial charge is 0.449 e. The van der Waals surface area contributed by atoms with E-state index in [1.807, 2.05) is 0 Å². The predicted molar refractivity (Wildman–Crippen MR) is 89.0 cm³/mol. The maximum Gasteiger partial charge on any atom is 0.338 e. The number of anilines is 1. The Morgan fingerprint density at radius 2 is 1.92 bits per heavy atom. The number of amides is 1. The van der Waals surface area contributed by atoms with E-state index in [0.717, 1.165) is 5.56 Å². The molecular weight excluding hydrogens is 335 g/mol. The Kier molecular flexibility index (Phi) is 5.76. The van der Waals surface area contributed by atoms with Crippen LogP contribution in [0, 0.1) is 5.82 Å². The minimum Gasteiger partial charge on any atom is -0.449 e. The summed E-state index contributed by atoms with van der Waals surface area (Å²) in [5, 5.41) is 2.94. The molecule has 0 aliphatic carbocycles. The fourth-order valence-electron chi connectivity index (χ4n) is 1.89. The second kappa shape index (κ2) is 7.79. The Hall–Kier alpha value is -2.60. The molecule has 2 rings (SSSR count). The van der Waals surface area contributed by atoms with Crippen molar-refractivity contribution in [2.24, 2.45) is 0 Å². The van der Waals surface area contributed by atoms with Crippen LogP contribution >= 0.6 is 11.6 Å². The molecule has 126 valence electrons. The monoisotopic (exact) mass is 350 g/mol. The van der Waals surface area contributed by atoms with E-state index in [4.69, 9.17) is 22.1 Å². The molecule has 7 heteroatoms. The van der Waals surface area contributed by atoms with Crippen molar-refractivity contribution in [1.82, 2.24) is 5.32 Å². The topological polar surface area (TPSA) is 81.4 Å². The van der Waals surface area contributed by atoms with Crippen molar-refractivity contribution >= 4 is 29.2 Å². The summed E-state index contributed by atoms with van der Waals surface area (Å²) in [7, 11) is 0. The molecule has 24 heavy (non-hydrogen) atoms. The zero-order valence-electron chi connectivity index (χ0n) is 12.9. The minimum absolute atomic E-state index is 0.203. The smallest absolute Gasteiger partial charge is 0.338 e. The van der Waals surface area contributed by atoms with E-state index in [0.29, 0.717) is 5.02 Å². The van der Waals surface area contributed by atoms with Gasteiger partial charge in [-0.25, -0.2) is 9.18 Å². The van der Waals surface area contributed by atoms with Gasteiger partial charge >= 0.3 is 5.97 Å². The fourth-order valence-corrected chi connectivity index (χ4v) is 2.01. The quantitative estimate of drug-likeness (QED) is 0.641. The fraction of sp³-hybridized carbons (Fsp3) is 0.176. The first-order valence-electron chi connectivity index (χ1n) is 7.15. The van der Waals surface area contributed by atoms with Gasteiger partial charge in [-0.3, -0.25) is 4.79 Å². The molecular formula is C17H16ClFN2O3. The number of hydrogen-bond acceptors (Lipinski definition) is 4. The van der Waals surface area contributed by atoms with Crippen LogP contribution in [0.4, 0.5) is 10.1 Å². The molecule has 5 nitrogen and oxygen atoms in total. The summed E-state index contributed by atoms with van der Waals surface area (Å²) in [4.78, 5) is 24.0. The van der Waals surface area contributed by atoms with E-state index in [-0.39, 0.29) is 23.6 Å². The molecule has 0 unspecified atom stereocenters. The molecule has 2 aromatic rings. The zero-order chi connectivity index (χ0) is 17.7. The van der Waals surface area contributed by atoms with Crippen molar-refractivity contribution in [2.75, 3.05) is 5.73 Å². The van der Waals surface area contributed by atoms with E-state index < -0.39 is 18.0 Å². The molecule has 0 saturated heterocycles. The number of halogens is 2. The third kappa shape index (κ3) is 4.70. The second-order valence-electron chi connectivity index (χ2n) is 5.13. The van der Waals surface area contributed by atoms with Crippen LogP contribution in [-0.4, -0.2) is 18.0 Å². The molecule has 0 fully saturated rings. The standard InChI is InChI=1S/C17H16ClFN2O3/c1-10(16(22)21-9-11-2-5-13(19)6-3-11)24-17(23)12-4-7-14(18)15(20)8-12/h2-8,10H,9,20H2,1H3,(H,21,22)/t10-/m1/s1. The highest BCUT2D eigenvalue weighted by Gasteiger charge is 2.19. The predicted octanol–water partition coefficient (Wildman–Crippen LogP) is 2.92. The second-order valence-corrected chi connectivity index (χ2v) is 5.54. The number of nitrogens with one attached hydrogen (secondary N) is 1. The average molecular weight is 351 g/mol. The highest BCUT2D eigenvalue weighted by Crippen LogP contribution is 2.20. The lowest BCUT2D eigenvalue weighted by Gasteiger charge is -2.14. The van der Waals surface area contributed by atoms with Crippen LogP contribution in [-0.2, 0) is 16.1 Å². The van der Waals surface area contributed by atoms with E-state index in [9.17, 15) is 14.0 Å². The SMILES string of the molecule is C[C@@H](OC(=O)c1ccc(Cl)c(N)c1)C(=O)NCc1ccc(F)cc1. The van der Waals surface area contributed by atoms with Crippen LogP contribution in [0.3, 0.4) is 0 Å². The van der Waals surface area contributed by atoms with Crippen LogP contribution < -0.4 is 11.1 Å². The van der Waals surface area contributed by atoms with Crippen molar-refractivity contribution in [3.8, 4) is 0 Å². The van der Waals surface area contributed by atoms with Crippen molar-refractivity contribution in [3.05, 3.63) is 64.4 Å². The summed E-state index contributed by atoms with van der Waals surface area (Å²) >= 11 is 5.79. The van der Waals surface area contributed by atoms with Crippen molar-refractivity contribution in [1.29, 1.82) is 0 Å². The molecule has 0 heterocycles. The molecule has 0 saturated carbocycles. The molecule has 0 aliphatic rings. The summed E-state index contributed by atoms with van der Waals surface area (Å²) in [6.45, 7) is 1.66. The number of carbonyl (C=O) groups is 2. The van der Waals surface area contributed by atoms with Gasteiger partial charge in [-0.05, 0) is 42.8 Å². The third-order valence-corrected chi connectivity index (χ3v) is 3.61. The van der Waals surface area contributed by atoms with Gasteiger partial charge in [-0.15, -0.1) is 0 Å². The van der Waals surface area contributed by atoms with Crippen LogP contribution in [0.1, 0.15) is 22.8 Å². The van der Waals surface area contributed by atoms with Crippen LogP contribution in [0.25, 0.3) is 0 Å². The Bertz CT molecular complexity index is 750. The minimum atomic E-state index is -0.991. The average Bonchev–Trinajstić information content (AvgIpc) is 2.56. The van der Waals surface area contributed by atoms with E-state index in [1.165, 1.54) is 37.3 Å². The van der Waals surface area contributed by atoms with Gasteiger partial charge in [0.15, 0.2) is 6.10 Å². The van der Waals surface area contributed by atoms with E-state index >= 15 is 0 Å². The normalized spacial score (nSPS) is 11.6. The summed E-state index contributed by atoms with van der Waals surface area (Å²) < 4.78 is 17.9. The number of hydrogen-bond donors (Lipinski definition) is 2. The molecule has 0 radical (unpaired) electrons. The van der Waals surface area contributed by atoms with Gasteiger partial charge in [0.2, 0.25) is 0 Å². The lowest BCUT2D eigenvalue weighted by Crippen LogP contribution is -2.35. The van der Waals surface area contributed by atoms with Crippen molar-refractivity contribution < 1.29 is 18.7 Å². The molecule has 1 amide bonds. The number of rotatable bonds is 5. The highest BCUT2D eigenvalue weighted by molar-refractivity contribution is 6.33. The molecule has 0 aromatic heterocycles. The van der Waals surface area contributed by atoms with Crippen LogP contribution in [0.15, 0.2) is 42.5 Å². The third-order valence-electron chi connectivity index (χ3n) is 3.26. The number of nitrogens with two attached hydrogens (primary N) is 1. The number of carbonyl (C=O) groups excluding carboxylic acids is 2. The van der Waals surface area contributed by atoms with Crippen molar-refractivity contribution in [3.63, 3.8) is 0 Å². The van der Waals surface area contributed by atoms with E-state index in [1.54, 1.807) is 12.1 Å². The van der Waals surface area contributed by atoms with Gasteiger partial charge in [0.1, 0.15) is 5.82 Å². The lowest BCUT2D eigenvalue weighted by atomic mass is 10.2. The van der Waals surface area contributed by atoms with Gasteiger partial charge in [0.25, 0.3) is 5.91 Å². The molecule has 3 N–H and O–H groups in total. The summed E-state index contributed by atoms with van der Waals surface area (Å²) in [5.41, 5.74) is 6.81. The molecule has 1 atom stereocenters. The maximum atomic E-state index is 12.8. The zero-order valence-corrected chi connectivity index (χ0v) is 13.6. The van der Waals surface area contributed by atoms with Crippen LogP contribution in [0.2, 0.25) is 5.02 Å². The van der Waals surface area contributed by atoms with Crippen molar-refractivity contribution in [2.45, 2.75) is 19.6 Å². The Labute approximate surface area is 143 Å². The molecule has 2 aromatic carbocycles. The number of ether oxygens (including phenoxy) is 1. The lowest BCUT2D eigenvalue weighted by molar-refractivity contribution is -0.129. The first-order chi connectivity index (χ1) is 11.4. The Morgan fingerprint density at radius 1 is 1.25 bits per heavy atom. The molecule has 0 spiro atoms. The van der Waals surface area contributed by atoms with Gasteiger partial charge in [0.05, 0.1) is 16.3 Å². The van der Waals surface area contributed by atoms with Gasteiger partial charge in [-0.2, -0.15) is 0 Å². The van der Waals surface area contributed by atoms with Crippen LogP contribution in [0.5, 0.6) is 0 Å². The summed E-state index contributed by atoms with van der Waals surface area (Å²) in [6.07, 6.45) is -0.991. The van der Waals surface area contributed by atoms with Gasteiger partial charge < -0.3 is 15.8 Å². The summed E-state index contributed by atoms with van der Waals surface area (Å²) in [5.74, 6) is -1.49. The molecule has 0 bridgehead atoms. The molecule has 0 aliphatic heterocycles. The first-order valence-corrected chi connectivity index (χ1v) is 7.53. The number of nitrogen functional groups attached to an aromatic ring is 1. The summed E-state index contributed by atoms with van der Waals surface area (Å²) in [6, 6.07) is 10.0. The maximum absolute atomic E-state index is 12.8. The highest BCUT2D eigenvalue weighted by atomic mass is 35.5. The Morgan fingerprint density at radius 3 is 2.54 bits per heavy atom. The van der Waals surface area contributed by atoms with Gasteiger partial charge in [-0.1, -0.05) is 23.7 Å². The van der Waals surface area contributed by atoms with Gasteiger partial charge in [0, 0.05) is 6.54 Å². The Balaban J connectivity index is 1.89. The first kappa shape index (κ1) is 17.7. The number of esters is 1.